The first-order valence-electron chi connectivity index (χ1n) is 5.47. The summed E-state index contributed by atoms with van der Waals surface area (Å²) in [5.74, 6) is 0.742. The largest absolute Gasteiger partial charge is 0.496 e. The molecule has 0 aliphatic rings. The Morgan fingerprint density at radius 3 is 2.88 bits per heavy atom. The Morgan fingerprint density at radius 1 is 1.47 bits per heavy atom. The Balaban J connectivity index is 2.50. The molecule has 94 valence electrons. The molecule has 0 fully saturated rings. The number of hydrogen-bond donors (Lipinski definition) is 2. The minimum absolute atomic E-state index is 0.0199. The average Bonchev–Trinajstić information content (AvgIpc) is 2.30. The predicted octanol–water partition coefficient (Wildman–Crippen LogP) is 1.57. The van der Waals surface area contributed by atoms with Crippen molar-refractivity contribution in [3.8, 4) is 5.75 Å². The van der Waals surface area contributed by atoms with Gasteiger partial charge in [-0.05, 0) is 25.1 Å². The molecule has 1 aromatic carbocycles. The van der Waals surface area contributed by atoms with Crippen molar-refractivity contribution in [3.05, 3.63) is 28.8 Å². The lowest BCUT2D eigenvalue weighted by molar-refractivity contribution is -0.120. The van der Waals surface area contributed by atoms with E-state index in [0.717, 1.165) is 11.3 Å². The monoisotopic (exact) mass is 256 g/mol. The molecular formula is C12H17ClN2O2. The number of hydrogen-bond acceptors (Lipinski definition) is 3. The van der Waals surface area contributed by atoms with Gasteiger partial charge in [-0.3, -0.25) is 4.79 Å². The second-order valence-electron chi connectivity index (χ2n) is 3.51. The standard InChI is InChI=1S/C12H17ClN2O2/c1-3-15-12(16)8-14-7-9-6-10(13)4-5-11(9)17-2/h4-6,14H,3,7-8H2,1-2H3,(H,15,16). The number of nitrogens with one attached hydrogen (secondary N) is 2. The van der Waals surface area contributed by atoms with Gasteiger partial charge in [-0.25, -0.2) is 0 Å². The van der Waals surface area contributed by atoms with Gasteiger partial charge in [-0.15, -0.1) is 0 Å². The van der Waals surface area contributed by atoms with Crippen molar-refractivity contribution in [1.29, 1.82) is 0 Å². The van der Waals surface area contributed by atoms with Crippen LogP contribution >= 0.6 is 11.6 Å². The smallest absolute Gasteiger partial charge is 0.233 e. The third kappa shape index (κ3) is 4.63. The Hall–Kier alpha value is -1.26. The van der Waals surface area contributed by atoms with Crippen molar-refractivity contribution in [3.63, 3.8) is 0 Å². The van der Waals surface area contributed by atoms with Crippen LogP contribution < -0.4 is 15.4 Å². The number of halogens is 1. The van der Waals surface area contributed by atoms with Gasteiger partial charge in [0.05, 0.1) is 13.7 Å². The lowest BCUT2D eigenvalue weighted by Gasteiger charge is -2.10. The summed E-state index contributed by atoms with van der Waals surface area (Å²) in [5.41, 5.74) is 0.935. The zero-order chi connectivity index (χ0) is 12.7. The van der Waals surface area contributed by atoms with Gasteiger partial charge in [-0.2, -0.15) is 0 Å². The number of likely N-dealkylation sites (N-methyl/N-ethyl adjacent to an activating group) is 1. The molecule has 0 unspecified atom stereocenters. The lowest BCUT2D eigenvalue weighted by Crippen LogP contribution is -2.33. The molecule has 0 bridgehead atoms. The van der Waals surface area contributed by atoms with E-state index in [2.05, 4.69) is 10.6 Å². The highest BCUT2D eigenvalue weighted by Crippen LogP contribution is 2.22. The van der Waals surface area contributed by atoms with Crippen LogP contribution in [0.2, 0.25) is 5.02 Å². The highest BCUT2D eigenvalue weighted by Gasteiger charge is 2.04. The highest BCUT2D eigenvalue weighted by atomic mass is 35.5. The minimum atomic E-state index is -0.0199. The van der Waals surface area contributed by atoms with Gasteiger partial charge in [0, 0.05) is 23.7 Å². The number of rotatable bonds is 6. The first-order valence-corrected chi connectivity index (χ1v) is 5.85. The summed E-state index contributed by atoms with van der Waals surface area (Å²) in [5, 5.41) is 6.40. The van der Waals surface area contributed by atoms with Crippen molar-refractivity contribution in [1.82, 2.24) is 10.6 Å². The molecule has 0 saturated carbocycles. The SMILES string of the molecule is CCNC(=O)CNCc1cc(Cl)ccc1OC. The molecule has 1 aromatic rings. The van der Waals surface area contributed by atoms with E-state index >= 15 is 0 Å². The van der Waals surface area contributed by atoms with E-state index < -0.39 is 0 Å². The molecule has 0 radical (unpaired) electrons. The maximum absolute atomic E-state index is 11.2. The van der Waals surface area contributed by atoms with Crippen molar-refractivity contribution in [2.24, 2.45) is 0 Å². The van der Waals surface area contributed by atoms with Gasteiger partial charge in [-0.1, -0.05) is 11.6 Å². The molecule has 0 aliphatic carbocycles. The van der Waals surface area contributed by atoms with Crippen molar-refractivity contribution in [2.45, 2.75) is 13.5 Å². The fraction of sp³-hybridized carbons (Fsp3) is 0.417. The van der Waals surface area contributed by atoms with Crippen LogP contribution in [-0.2, 0) is 11.3 Å². The van der Waals surface area contributed by atoms with E-state index in [1.165, 1.54) is 0 Å². The van der Waals surface area contributed by atoms with Gasteiger partial charge in [0.1, 0.15) is 5.75 Å². The van der Waals surface area contributed by atoms with E-state index in [1.54, 1.807) is 13.2 Å². The molecular weight excluding hydrogens is 240 g/mol. The van der Waals surface area contributed by atoms with Crippen molar-refractivity contribution < 1.29 is 9.53 Å². The average molecular weight is 257 g/mol. The zero-order valence-electron chi connectivity index (χ0n) is 10.0. The second kappa shape index (κ2) is 7.14. The topological polar surface area (TPSA) is 50.4 Å². The predicted molar refractivity (Wildman–Crippen MR) is 68.4 cm³/mol. The normalized spacial score (nSPS) is 10.1. The number of benzene rings is 1. The number of amides is 1. The van der Waals surface area contributed by atoms with Crippen LogP contribution in [0.4, 0.5) is 0 Å². The molecule has 1 amide bonds. The number of carbonyl (C=O) groups is 1. The number of ether oxygens (including phenoxy) is 1. The summed E-state index contributed by atoms with van der Waals surface area (Å²) in [6.07, 6.45) is 0. The van der Waals surface area contributed by atoms with Gasteiger partial charge in [0.2, 0.25) is 5.91 Å². The fourth-order valence-corrected chi connectivity index (χ4v) is 1.65. The molecule has 0 aromatic heterocycles. The maximum atomic E-state index is 11.2. The second-order valence-corrected chi connectivity index (χ2v) is 3.95. The van der Waals surface area contributed by atoms with Crippen LogP contribution in [-0.4, -0.2) is 26.1 Å². The lowest BCUT2D eigenvalue weighted by atomic mass is 10.2. The molecule has 0 atom stereocenters. The summed E-state index contributed by atoms with van der Waals surface area (Å²) in [6.45, 7) is 3.35. The molecule has 0 heterocycles. The molecule has 0 saturated heterocycles. The summed E-state index contributed by atoms with van der Waals surface area (Å²) in [4.78, 5) is 11.2. The van der Waals surface area contributed by atoms with Crippen LogP contribution in [0.25, 0.3) is 0 Å². The molecule has 1 rings (SSSR count). The van der Waals surface area contributed by atoms with Crippen LogP contribution in [0, 0.1) is 0 Å². The Labute approximate surface area is 106 Å². The van der Waals surface area contributed by atoms with Crippen LogP contribution in [0.1, 0.15) is 12.5 Å². The van der Waals surface area contributed by atoms with E-state index in [9.17, 15) is 4.79 Å². The first kappa shape index (κ1) is 13.8. The molecule has 0 aliphatic heterocycles. The van der Waals surface area contributed by atoms with Crippen LogP contribution in [0.5, 0.6) is 5.75 Å². The Bertz CT molecular complexity index is 383. The zero-order valence-corrected chi connectivity index (χ0v) is 10.8. The molecule has 17 heavy (non-hydrogen) atoms. The summed E-state index contributed by atoms with van der Waals surface area (Å²) >= 11 is 5.90. The minimum Gasteiger partial charge on any atom is -0.496 e. The summed E-state index contributed by atoms with van der Waals surface area (Å²) in [6, 6.07) is 5.41. The van der Waals surface area contributed by atoms with Crippen molar-refractivity contribution in [2.75, 3.05) is 20.2 Å². The van der Waals surface area contributed by atoms with Gasteiger partial charge in [0.15, 0.2) is 0 Å². The summed E-state index contributed by atoms with van der Waals surface area (Å²) < 4.78 is 5.21. The third-order valence-electron chi connectivity index (χ3n) is 2.22. The Morgan fingerprint density at radius 2 is 2.24 bits per heavy atom. The quantitative estimate of drug-likeness (QED) is 0.813. The molecule has 2 N–H and O–H groups in total. The maximum Gasteiger partial charge on any atom is 0.233 e. The highest BCUT2D eigenvalue weighted by molar-refractivity contribution is 6.30. The first-order chi connectivity index (χ1) is 8.17. The van der Waals surface area contributed by atoms with Gasteiger partial charge < -0.3 is 15.4 Å². The van der Waals surface area contributed by atoms with Crippen LogP contribution in [0.15, 0.2) is 18.2 Å². The number of methoxy groups -OCH3 is 1. The third-order valence-corrected chi connectivity index (χ3v) is 2.45. The van der Waals surface area contributed by atoms with Gasteiger partial charge >= 0.3 is 0 Å². The molecule has 0 spiro atoms. The van der Waals surface area contributed by atoms with E-state index in [4.69, 9.17) is 16.3 Å². The molecule has 4 nitrogen and oxygen atoms in total. The Kier molecular flexibility index (Phi) is 5.80. The van der Waals surface area contributed by atoms with E-state index in [1.807, 2.05) is 19.1 Å². The summed E-state index contributed by atoms with van der Waals surface area (Å²) in [7, 11) is 1.61. The van der Waals surface area contributed by atoms with E-state index in [-0.39, 0.29) is 12.5 Å². The van der Waals surface area contributed by atoms with Crippen LogP contribution in [0.3, 0.4) is 0 Å². The van der Waals surface area contributed by atoms with Gasteiger partial charge in [0.25, 0.3) is 0 Å². The van der Waals surface area contributed by atoms with E-state index in [0.29, 0.717) is 18.1 Å². The number of carbonyl (C=O) groups excluding carboxylic acids is 1. The van der Waals surface area contributed by atoms with Crippen molar-refractivity contribution >= 4 is 17.5 Å². The fourth-order valence-electron chi connectivity index (χ4n) is 1.46. The molecule has 5 heteroatoms.